The van der Waals surface area contributed by atoms with Crippen LogP contribution in [-0.4, -0.2) is 27.0 Å². The van der Waals surface area contributed by atoms with Gasteiger partial charge in [-0.05, 0) is 11.5 Å². The van der Waals surface area contributed by atoms with Gasteiger partial charge in [0.05, 0.1) is 21.4 Å². The van der Waals surface area contributed by atoms with Crippen LogP contribution in [0.25, 0.3) is 0 Å². The molecule has 0 aliphatic carbocycles. The maximum Gasteiger partial charge on any atom is 0.495 e. The van der Waals surface area contributed by atoms with E-state index >= 15 is 0 Å². The molecule has 0 aliphatic rings. The van der Waals surface area contributed by atoms with Gasteiger partial charge in [-0.3, -0.25) is 20.2 Å². The molecule has 18 heavy (non-hydrogen) atoms. The van der Waals surface area contributed by atoms with Crippen LogP contribution in [0.3, 0.4) is 0 Å². The van der Waals surface area contributed by atoms with E-state index in [0.717, 1.165) is 12.1 Å². The number of hydrogen-bond donors (Lipinski definition) is 2. The molecule has 0 saturated heterocycles. The van der Waals surface area contributed by atoms with Crippen LogP contribution in [0.1, 0.15) is 25.3 Å². The molecule has 2 N–H and O–H groups in total. The highest BCUT2D eigenvalue weighted by Crippen LogP contribution is 2.25. The Kier molecular flexibility index (Phi) is 3.99. The van der Waals surface area contributed by atoms with Gasteiger partial charge in [0.25, 0.3) is 11.4 Å². The van der Waals surface area contributed by atoms with Gasteiger partial charge < -0.3 is 10.0 Å². The topological polar surface area (TPSA) is 127 Å². The number of nitro groups is 2. The van der Waals surface area contributed by atoms with E-state index in [9.17, 15) is 30.3 Å². The summed E-state index contributed by atoms with van der Waals surface area (Å²) >= 11 is 0. The molecule has 0 radical (unpaired) electrons. The van der Waals surface area contributed by atoms with Crippen molar-refractivity contribution in [3.05, 3.63) is 37.9 Å². The van der Waals surface area contributed by atoms with E-state index in [0.29, 0.717) is 0 Å². The fourth-order valence-corrected chi connectivity index (χ4v) is 1.66. The molecule has 1 aromatic carbocycles. The monoisotopic (exact) mass is 254 g/mol. The molecule has 0 heterocycles. The second-order valence-electron chi connectivity index (χ2n) is 4.01. The molecule has 0 atom stereocenters. The zero-order valence-corrected chi connectivity index (χ0v) is 9.73. The Morgan fingerprint density at radius 2 is 1.72 bits per heavy atom. The average Bonchev–Trinajstić information content (AvgIpc) is 2.26. The van der Waals surface area contributed by atoms with Gasteiger partial charge >= 0.3 is 7.12 Å². The predicted molar refractivity (Wildman–Crippen MR) is 63.7 cm³/mol. The van der Waals surface area contributed by atoms with Crippen LogP contribution in [0.5, 0.6) is 0 Å². The Morgan fingerprint density at radius 1 is 1.17 bits per heavy atom. The van der Waals surface area contributed by atoms with Gasteiger partial charge in [0, 0.05) is 6.07 Å². The lowest BCUT2D eigenvalue weighted by atomic mass is 9.73. The van der Waals surface area contributed by atoms with Crippen molar-refractivity contribution in [2.24, 2.45) is 0 Å². The Hall–Kier alpha value is -2.00. The molecule has 0 saturated carbocycles. The summed E-state index contributed by atoms with van der Waals surface area (Å²) in [6.07, 6.45) is 0. The molecule has 0 aliphatic heterocycles. The van der Waals surface area contributed by atoms with E-state index in [-0.39, 0.29) is 16.9 Å². The molecule has 1 rings (SSSR count). The number of nitro benzene ring substituents is 2. The Bertz CT molecular complexity index is 502. The minimum atomic E-state index is -2.05. The number of nitrogens with zero attached hydrogens (tertiary/aromatic N) is 2. The minimum absolute atomic E-state index is 0.172. The van der Waals surface area contributed by atoms with Crippen molar-refractivity contribution < 1.29 is 19.9 Å². The summed E-state index contributed by atoms with van der Waals surface area (Å²) in [4.78, 5) is 19.9. The lowest BCUT2D eigenvalue weighted by Crippen LogP contribution is -2.35. The van der Waals surface area contributed by atoms with E-state index < -0.39 is 28.3 Å². The van der Waals surface area contributed by atoms with Gasteiger partial charge in [-0.25, -0.2) is 0 Å². The highest BCUT2D eigenvalue weighted by molar-refractivity contribution is 6.61. The molecule has 1 aromatic rings. The molecule has 96 valence electrons. The standard InChI is InChI=1S/C9H11BN2O6/c1-5(2)7-3-6(11(15)16)4-8(12(17)18)9(7)10(13)14/h3-5,13-14H,1-2H3. The zero-order valence-electron chi connectivity index (χ0n) is 9.73. The van der Waals surface area contributed by atoms with Crippen molar-refractivity contribution in [1.82, 2.24) is 0 Å². The van der Waals surface area contributed by atoms with Crippen molar-refractivity contribution in [3.8, 4) is 0 Å². The summed E-state index contributed by atoms with van der Waals surface area (Å²) in [5, 5.41) is 39.9. The number of benzene rings is 1. The van der Waals surface area contributed by atoms with E-state index in [1.807, 2.05) is 0 Å². The molecule has 0 amide bonds. The molecular weight excluding hydrogens is 243 g/mol. The van der Waals surface area contributed by atoms with Gasteiger partial charge in [-0.1, -0.05) is 13.8 Å². The van der Waals surface area contributed by atoms with Crippen molar-refractivity contribution in [2.45, 2.75) is 19.8 Å². The zero-order chi connectivity index (χ0) is 14.0. The summed E-state index contributed by atoms with van der Waals surface area (Å²) in [6, 6.07) is 1.84. The van der Waals surface area contributed by atoms with Gasteiger partial charge in [-0.15, -0.1) is 0 Å². The summed E-state index contributed by atoms with van der Waals surface area (Å²) in [7, 11) is -2.05. The molecule has 0 unspecified atom stereocenters. The van der Waals surface area contributed by atoms with Crippen molar-refractivity contribution >= 4 is 24.0 Å². The molecule has 9 heteroatoms. The minimum Gasteiger partial charge on any atom is -0.423 e. The summed E-state index contributed by atoms with van der Waals surface area (Å²) in [6.45, 7) is 3.29. The Balaban J connectivity index is 3.65. The van der Waals surface area contributed by atoms with Crippen LogP contribution in [0.2, 0.25) is 0 Å². The van der Waals surface area contributed by atoms with E-state index in [2.05, 4.69) is 0 Å². The molecule has 8 nitrogen and oxygen atoms in total. The third-order valence-corrected chi connectivity index (χ3v) is 2.46. The van der Waals surface area contributed by atoms with Crippen LogP contribution in [0.15, 0.2) is 12.1 Å². The first-order valence-corrected chi connectivity index (χ1v) is 5.08. The summed E-state index contributed by atoms with van der Waals surface area (Å²) in [5.74, 6) is -0.319. The van der Waals surface area contributed by atoms with Crippen molar-refractivity contribution in [1.29, 1.82) is 0 Å². The Labute approximate surface area is 102 Å². The van der Waals surface area contributed by atoms with Gasteiger partial charge in [0.15, 0.2) is 0 Å². The van der Waals surface area contributed by atoms with E-state index in [1.165, 1.54) is 0 Å². The van der Waals surface area contributed by atoms with E-state index in [4.69, 9.17) is 0 Å². The van der Waals surface area contributed by atoms with Crippen molar-refractivity contribution in [3.63, 3.8) is 0 Å². The van der Waals surface area contributed by atoms with Crippen LogP contribution in [0, 0.1) is 20.2 Å². The molecule has 0 bridgehead atoms. The average molecular weight is 254 g/mol. The third kappa shape index (κ3) is 2.63. The second kappa shape index (κ2) is 5.11. The predicted octanol–water partition coefficient (Wildman–Crippen LogP) is 0.306. The van der Waals surface area contributed by atoms with Crippen LogP contribution in [0.4, 0.5) is 11.4 Å². The molecular formula is C9H11BN2O6. The summed E-state index contributed by atoms with van der Waals surface area (Å²) < 4.78 is 0. The van der Waals surface area contributed by atoms with Gasteiger partial charge in [0.1, 0.15) is 0 Å². The van der Waals surface area contributed by atoms with Gasteiger partial charge in [-0.2, -0.15) is 0 Å². The lowest BCUT2D eigenvalue weighted by Gasteiger charge is -2.12. The molecule has 0 aromatic heterocycles. The van der Waals surface area contributed by atoms with Crippen molar-refractivity contribution in [2.75, 3.05) is 0 Å². The second-order valence-corrected chi connectivity index (χ2v) is 4.01. The SMILES string of the molecule is CC(C)c1cc([N+](=O)[O-])cc([N+](=O)[O-])c1B(O)O. The first kappa shape index (κ1) is 14.1. The normalized spacial score (nSPS) is 10.5. The van der Waals surface area contributed by atoms with Gasteiger partial charge in [0.2, 0.25) is 0 Å². The van der Waals surface area contributed by atoms with Crippen LogP contribution in [-0.2, 0) is 0 Å². The third-order valence-electron chi connectivity index (χ3n) is 2.46. The fourth-order valence-electron chi connectivity index (χ4n) is 1.66. The highest BCUT2D eigenvalue weighted by Gasteiger charge is 2.31. The van der Waals surface area contributed by atoms with Crippen LogP contribution < -0.4 is 5.46 Å². The smallest absolute Gasteiger partial charge is 0.423 e. The van der Waals surface area contributed by atoms with E-state index in [1.54, 1.807) is 13.8 Å². The first-order chi connectivity index (χ1) is 8.25. The first-order valence-electron chi connectivity index (χ1n) is 5.08. The molecule has 0 spiro atoms. The number of rotatable bonds is 4. The maximum absolute atomic E-state index is 10.8. The highest BCUT2D eigenvalue weighted by atomic mass is 16.6. The largest absolute Gasteiger partial charge is 0.495 e. The maximum atomic E-state index is 10.8. The molecule has 0 fully saturated rings. The summed E-state index contributed by atoms with van der Waals surface area (Å²) in [5.41, 5.74) is -1.25. The Morgan fingerprint density at radius 3 is 2.06 bits per heavy atom. The number of non-ortho nitro benzene ring substituents is 1. The lowest BCUT2D eigenvalue weighted by molar-refractivity contribution is -0.393. The number of hydrogen-bond acceptors (Lipinski definition) is 6. The quantitative estimate of drug-likeness (QED) is 0.452. The van der Waals surface area contributed by atoms with Crippen LogP contribution >= 0.6 is 0 Å². The fraction of sp³-hybridized carbons (Fsp3) is 0.333.